The highest BCUT2D eigenvalue weighted by Gasteiger charge is 2.28. The molecule has 0 aliphatic heterocycles. The van der Waals surface area contributed by atoms with E-state index in [1.807, 2.05) is 0 Å². The SMILES string of the molecule is FC(F)(F)Cc1ncccn1. The van der Waals surface area contributed by atoms with Gasteiger partial charge in [-0.15, -0.1) is 0 Å². The van der Waals surface area contributed by atoms with Gasteiger partial charge in [0, 0.05) is 12.4 Å². The van der Waals surface area contributed by atoms with Gasteiger partial charge in [-0.05, 0) is 6.07 Å². The summed E-state index contributed by atoms with van der Waals surface area (Å²) >= 11 is 0. The number of hydrogen-bond acceptors (Lipinski definition) is 2. The maximum Gasteiger partial charge on any atom is 0.396 e. The van der Waals surface area contributed by atoms with Crippen molar-refractivity contribution >= 4 is 0 Å². The average molecular weight is 162 g/mol. The summed E-state index contributed by atoms with van der Waals surface area (Å²) in [6.45, 7) is 0. The smallest absolute Gasteiger partial charge is 0.241 e. The number of halogens is 3. The van der Waals surface area contributed by atoms with E-state index in [1.54, 1.807) is 0 Å². The van der Waals surface area contributed by atoms with Gasteiger partial charge in [0.1, 0.15) is 12.2 Å². The van der Waals surface area contributed by atoms with Crippen molar-refractivity contribution in [1.29, 1.82) is 0 Å². The molecule has 1 aromatic rings. The van der Waals surface area contributed by atoms with Gasteiger partial charge in [-0.2, -0.15) is 13.2 Å². The summed E-state index contributed by atoms with van der Waals surface area (Å²) in [5.41, 5.74) is 0. The van der Waals surface area contributed by atoms with E-state index in [1.165, 1.54) is 18.5 Å². The minimum atomic E-state index is -4.22. The third-order valence-electron chi connectivity index (χ3n) is 0.978. The van der Waals surface area contributed by atoms with Crippen LogP contribution in [0.25, 0.3) is 0 Å². The summed E-state index contributed by atoms with van der Waals surface area (Å²) in [5, 5.41) is 0. The largest absolute Gasteiger partial charge is 0.396 e. The summed E-state index contributed by atoms with van der Waals surface area (Å²) in [7, 11) is 0. The zero-order valence-corrected chi connectivity index (χ0v) is 5.47. The van der Waals surface area contributed by atoms with Crippen molar-refractivity contribution in [3.05, 3.63) is 24.3 Å². The minimum absolute atomic E-state index is 0.194. The van der Waals surface area contributed by atoms with Crippen molar-refractivity contribution in [3.8, 4) is 0 Å². The van der Waals surface area contributed by atoms with Crippen molar-refractivity contribution in [1.82, 2.24) is 9.97 Å². The van der Waals surface area contributed by atoms with Crippen LogP contribution < -0.4 is 0 Å². The monoisotopic (exact) mass is 162 g/mol. The number of alkyl halides is 3. The lowest BCUT2D eigenvalue weighted by Crippen LogP contribution is -2.13. The Labute approximate surface area is 61.1 Å². The first-order valence-corrected chi connectivity index (χ1v) is 2.90. The molecule has 2 nitrogen and oxygen atoms in total. The van der Waals surface area contributed by atoms with Crippen molar-refractivity contribution in [2.75, 3.05) is 0 Å². The van der Waals surface area contributed by atoms with E-state index >= 15 is 0 Å². The highest BCUT2D eigenvalue weighted by Crippen LogP contribution is 2.18. The van der Waals surface area contributed by atoms with Gasteiger partial charge in [0.25, 0.3) is 0 Å². The van der Waals surface area contributed by atoms with Crippen LogP contribution >= 0.6 is 0 Å². The van der Waals surface area contributed by atoms with Gasteiger partial charge in [-0.1, -0.05) is 0 Å². The Morgan fingerprint density at radius 2 is 1.73 bits per heavy atom. The van der Waals surface area contributed by atoms with Crippen molar-refractivity contribution in [2.24, 2.45) is 0 Å². The molecule has 60 valence electrons. The fourth-order valence-corrected chi connectivity index (χ4v) is 0.601. The molecule has 0 atom stereocenters. The lowest BCUT2D eigenvalue weighted by molar-refractivity contribution is -0.128. The van der Waals surface area contributed by atoms with E-state index in [2.05, 4.69) is 9.97 Å². The van der Waals surface area contributed by atoms with E-state index in [-0.39, 0.29) is 5.82 Å². The minimum Gasteiger partial charge on any atom is -0.241 e. The molecule has 0 bridgehead atoms. The van der Waals surface area contributed by atoms with E-state index in [0.29, 0.717) is 0 Å². The molecule has 0 amide bonds. The molecule has 1 aromatic heterocycles. The van der Waals surface area contributed by atoms with Crippen LogP contribution in [0.1, 0.15) is 5.82 Å². The Hall–Kier alpha value is -1.13. The van der Waals surface area contributed by atoms with Gasteiger partial charge in [0.15, 0.2) is 0 Å². The van der Waals surface area contributed by atoms with Gasteiger partial charge in [0.2, 0.25) is 0 Å². The first-order valence-electron chi connectivity index (χ1n) is 2.90. The molecule has 1 heterocycles. The maximum absolute atomic E-state index is 11.7. The Balaban J connectivity index is 2.66. The van der Waals surface area contributed by atoms with E-state index in [0.717, 1.165) is 0 Å². The standard InChI is InChI=1S/C6H5F3N2/c7-6(8,9)4-5-10-2-1-3-11-5/h1-3H,4H2. The van der Waals surface area contributed by atoms with Crippen LogP contribution in [0.4, 0.5) is 13.2 Å². The molecule has 11 heavy (non-hydrogen) atoms. The van der Waals surface area contributed by atoms with Gasteiger partial charge in [0.05, 0.1) is 0 Å². The summed E-state index contributed by atoms with van der Waals surface area (Å²) < 4.78 is 35.0. The third kappa shape index (κ3) is 2.97. The Bertz CT molecular complexity index is 219. The van der Waals surface area contributed by atoms with Crippen molar-refractivity contribution in [2.45, 2.75) is 12.6 Å². The van der Waals surface area contributed by atoms with E-state index in [9.17, 15) is 13.2 Å². The Kier molecular flexibility index (Phi) is 2.07. The van der Waals surface area contributed by atoms with Gasteiger partial charge in [-0.25, -0.2) is 9.97 Å². The molecule has 0 aliphatic carbocycles. The predicted octanol–water partition coefficient (Wildman–Crippen LogP) is 1.58. The van der Waals surface area contributed by atoms with Crippen molar-refractivity contribution < 1.29 is 13.2 Å². The molecule has 0 fully saturated rings. The summed E-state index contributed by atoms with van der Waals surface area (Å²) in [6.07, 6.45) is -2.71. The van der Waals surface area contributed by atoms with Crippen LogP contribution in [0.3, 0.4) is 0 Å². The van der Waals surface area contributed by atoms with Gasteiger partial charge >= 0.3 is 6.18 Å². The second-order valence-corrected chi connectivity index (χ2v) is 1.96. The molecule has 0 saturated heterocycles. The van der Waals surface area contributed by atoms with Crippen LogP contribution in [-0.2, 0) is 6.42 Å². The van der Waals surface area contributed by atoms with E-state index < -0.39 is 12.6 Å². The molecule has 5 heteroatoms. The zero-order valence-electron chi connectivity index (χ0n) is 5.47. The molecule has 0 aromatic carbocycles. The molecule has 1 rings (SSSR count). The quantitative estimate of drug-likeness (QED) is 0.626. The van der Waals surface area contributed by atoms with Crippen LogP contribution in [0, 0.1) is 0 Å². The van der Waals surface area contributed by atoms with Gasteiger partial charge in [-0.3, -0.25) is 0 Å². The molecule has 0 spiro atoms. The number of hydrogen-bond donors (Lipinski definition) is 0. The van der Waals surface area contributed by atoms with Crippen LogP contribution in [0.15, 0.2) is 18.5 Å². The topological polar surface area (TPSA) is 25.8 Å². The maximum atomic E-state index is 11.7. The summed E-state index contributed by atoms with van der Waals surface area (Å²) in [5.74, 6) is -0.194. The second kappa shape index (κ2) is 2.86. The number of aromatic nitrogens is 2. The first kappa shape index (κ1) is 7.97. The highest BCUT2D eigenvalue weighted by atomic mass is 19.4. The van der Waals surface area contributed by atoms with Crippen molar-refractivity contribution in [3.63, 3.8) is 0 Å². The molecular formula is C6H5F3N2. The second-order valence-electron chi connectivity index (χ2n) is 1.96. The van der Waals surface area contributed by atoms with Crippen LogP contribution in [0.2, 0.25) is 0 Å². The lowest BCUT2D eigenvalue weighted by Gasteiger charge is -2.02. The van der Waals surface area contributed by atoms with Crippen LogP contribution in [0.5, 0.6) is 0 Å². The fraction of sp³-hybridized carbons (Fsp3) is 0.333. The Morgan fingerprint density at radius 1 is 1.18 bits per heavy atom. The third-order valence-corrected chi connectivity index (χ3v) is 0.978. The van der Waals surface area contributed by atoms with E-state index in [4.69, 9.17) is 0 Å². The van der Waals surface area contributed by atoms with Crippen LogP contribution in [-0.4, -0.2) is 16.1 Å². The normalized spacial score (nSPS) is 11.5. The lowest BCUT2D eigenvalue weighted by atomic mass is 10.4. The number of rotatable bonds is 1. The summed E-state index contributed by atoms with van der Waals surface area (Å²) in [6, 6.07) is 1.47. The average Bonchev–Trinajstić information content (AvgIpc) is 1.85. The zero-order chi connectivity index (χ0) is 8.32. The highest BCUT2D eigenvalue weighted by molar-refractivity contribution is 4.90. The first-order chi connectivity index (χ1) is 5.08. The van der Waals surface area contributed by atoms with Gasteiger partial charge < -0.3 is 0 Å². The molecule has 0 unspecified atom stereocenters. The predicted molar refractivity (Wildman–Crippen MR) is 31.8 cm³/mol. The summed E-state index contributed by atoms with van der Waals surface area (Å²) in [4.78, 5) is 6.87. The number of nitrogens with zero attached hydrogens (tertiary/aromatic N) is 2. The molecule has 0 aliphatic rings. The Morgan fingerprint density at radius 3 is 2.18 bits per heavy atom. The molecule has 0 radical (unpaired) electrons. The molecular weight excluding hydrogens is 157 g/mol. The fourth-order valence-electron chi connectivity index (χ4n) is 0.601. The molecule has 0 N–H and O–H groups in total. The molecule has 0 saturated carbocycles.